The van der Waals surface area contributed by atoms with Crippen LogP contribution in [0.2, 0.25) is 36.3 Å². The van der Waals surface area contributed by atoms with Crippen molar-refractivity contribution in [2.45, 2.75) is 224 Å². The van der Waals surface area contributed by atoms with E-state index >= 15 is 0 Å². The zero-order valence-electron chi connectivity index (χ0n) is 52.7. The Kier molecular flexibility index (Phi) is 17.8. The summed E-state index contributed by atoms with van der Waals surface area (Å²) in [6.45, 7) is 33.6. The molecule has 2 aliphatic heterocycles. The summed E-state index contributed by atoms with van der Waals surface area (Å²) in [7, 11) is -4.54. The van der Waals surface area contributed by atoms with Gasteiger partial charge in [-0.1, -0.05) is 144 Å². The van der Waals surface area contributed by atoms with Crippen molar-refractivity contribution < 1.29 is 47.3 Å². The fraction of sp³-hybridized carbons (Fsp3) is 0.597. The van der Waals surface area contributed by atoms with Crippen LogP contribution >= 0.6 is 0 Å². The molecule has 10 rings (SSSR count). The molecule has 2 amide bonds. The third kappa shape index (κ3) is 12.0. The molecule has 466 valence electrons. The summed E-state index contributed by atoms with van der Waals surface area (Å²) in [5.74, 6) is -1.55. The number of fused-ring (bicyclic) bond motifs is 2. The smallest absolute Gasteiger partial charge is 0.280 e. The maximum atomic E-state index is 14.4. The molecule has 2 aliphatic carbocycles. The third-order valence-corrected chi connectivity index (χ3v) is 27.6. The number of carbonyl (C=O) groups is 3. The molecule has 1 unspecified atom stereocenters. The van der Waals surface area contributed by atoms with Crippen LogP contribution in [-0.4, -0.2) is 119 Å². The molecule has 22 nitrogen and oxygen atoms in total. The van der Waals surface area contributed by atoms with Crippen molar-refractivity contribution in [3.63, 3.8) is 0 Å². The number of aliphatic hydroxyl groups excluding tert-OH is 1. The molecule has 86 heavy (non-hydrogen) atoms. The van der Waals surface area contributed by atoms with Gasteiger partial charge in [0.25, 0.3) is 11.1 Å². The first-order chi connectivity index (χ1) is 40.3. The van der Waals surface area contributed by atoms with Gasteiger partial charge in [0.2, 0.25) is 29.5 Å². The molecule has 7 atom stereocenters. The van der Waals surface area contributed by atoms with Gasteiger partial charge in [0.05, 0.1) is 37.1 Å². The molecule has 4 fully saturated rings. The maximum absolute atomic E-state index is 14.4. The molecule has 0 radical (unpaired) electrons. The predicted octanol–water partition coefficient (Wildman–Crippen LogP) is 9.99. The molecule has 2 aromatic carbocycles. The zero-order chi connectivity index (χ0) is 62.7. The minimum Gasteiger partial charge on any atom is -0.408 e. The van der Waals surface area contributed by atoms with Crippen LogP contribution < -0.4 is 21.8 Å². The topological polar surface area (TPSA) is 278 Å². The Morgan fingerprint density at radius 1 is 0.663 bits per heavy atom. The Balaban J connectivity index is 0.000000205. The Labute approximate surface area is 504 Å². The summed E-state index contributed by atoms with van der Waals surface area (Å²) in [6.07, 6.45) is 1.96. The second-order valence-corrected chi connectivity index (χ2v) is 36.7. The van der Waals surface area contributed by atoms with Crippen LogP contribution in [-0.2, 0) is 55.4 Å². The largest absolute Gasteiger partial charge is 0.408 e. The first-order valence-electron chi connectivity index (χ1n) is 30.1. The summed E-state index contributed by atoms with van der Waals surface area (Å²) < 4.78 is 44.2. The number of aliphatic hydroxyl groups is 1. The van der Waals surface area contributed by atoms with E-state index < -0.39 is 80.9 Å². The quantitative estimate of drug-likeness (QED) is 0.0445. The number of benzene rings is 2. The van der Waals surface area contributed by atoms with Crippen LogP contribution in [0.15, 0.2) is 82.9 Å². The van der Waals surface area contributed by atoms with Crippen LogP contribution in [0.3, 0.4) is 0 Å². The van der Waals surface area contributed by atoms with Gasteiger partial charge in [0, 0.05) is 11.8 Å². The van der Waals surface area contributed by atoms with Crippen LogP contribution in [0.5, 0.6) is 0 Å². The Morgan fingerprint density at radius 3 is 1.50 bits per heavy atom. The Morgan fingerprint density at radius 2 is 1.08 bits per heavy atom. The number of aromatic nitrogens is 8. The maximum Gasteiger partial charge on any atom is 0.280 e. The molecule has 2 saturated carbocycles. The van der Waals surface area contributed by atoms with Crippen LogP contribution in [0.1, 0.15) is 145 Å². The highest BCUT2D eigenvalue weighted by atomic mass is 28.4. The van der Waals surface area contributed by atoms with Gasteiger partial charge in [-0.15, -0.1) is 0 Å². The summed E-state index contributed by atoms with van der Waals surface area (Å²) in [6, 6.07) is 19.5. The number of nitrogens with zero attached hydrogens (tertiary/aromatic N) is 6. The van der Waals surface area contributed by atoms with E-state index in [2.05, 4.69) is 108 Å². The molecular weight excluding hydrogens is 1130 g/mol. The van der Waals surface area contributed by atoms with E-state index in [9.17, 15) is 29.1 Å². The number of amides is 2. The van der Waals surface area contributed by atoms with E-state index in [4.69, 9.17) is 27.8 Å². The third-order valence-electron chi connectivity index (χ3n) is 18.6. The summed E-state index contributed by atoms with van der Waals surface area (Å²) in [5, 5.41) is 17.2. The monoisotopic (exact) mass is 1220 g/mol. The number of aromatic amines is 2. The first kappa shape index (κ1) is 64.4. The van der Waals surface area contributed by atoms with Crippen molar-refractivity contribution in [2.75, 3.05) is 10.6 Å². The molecule has 4 aromatic heterocycles. The van der Waals surface area contributed by atoms with Crippen molar-refractivity contribution in [3.05, 3.63) is 105 Å². The van der Waals surface area contributed by atoms with Crippen LogP contribution in [0.25, 0.3) is 22.3 Å². The van der Waals surface area contributed by atoms with Crippen molar-refractivity contribution in [1.82, 2.24) is 39.0 Å². The molecule has 5 N–H and O–H groups in total. The number of Topliss-reactive ketones (excluding diaryl/α,β-unsaturated/α-hetero) is 1. The van der Waals surface area contributed by atoms with Gasteiger partial charge in [-0.25, -0.2) is 9.97 Å². The fourth-order valence-corrected chi connectivity index (χ4v) is 14.6. The summed E-state index contributed by atoms with van der Waals surface area (Å²) >= 11 is 0. The van der Waals surface area contributed by atoms with Gasteiger partial charge in [-0.3, -0.25) is 53.7 Å². The van der Waals surface area contributed by atoms with Gasteiger partial charge in [0.15, 0.2) is 57.5 Å². The highest BCUT2D eigenvalue weighted by Crippen LogP contribution is 2.63. The van der Waals surface area contributed by atoms with E-state index in [1.807, 2.05) is 74.5 Å². The molecule has 2 saturated heterocycles. The van der Waals surface area contributed by atoms with Crippen LogP contribution in [0, 0.1) is 11.8 Å². The number of anilines is 2. The number of H-pyrrole nitrogens is 2. The average Bonchev–Trinajstić information content (AvgIpc) is 1.59. The number of nitrogens with one attached hydrogen (secondary N) is 4. The lowest BCUT2D eigenvalue weighted by atomic mass is 9.84. The summed E-state index contributed by atoms with van der Waals surface area (Å²) in [5.41, 5.74) is -2.09. The van der Waals surface area contributed by atoms with E-state index in [-0.39, 0.29) is 86.9 Å². The summed E-state index contributed by atoms with van der Waals surface area (Å²) in [4.78, 5) is 87.6. The van der Waals surface area contributed by atoms with Gasteiger partial charge >= 0.3 is 0 Å². The lowest BCUT2D eigenvalue weighted by molar-refractivity contribution is -0.184. The fourth-order valence-electron chi connectivity index (χ4n) is 11.3. The number of rotatable bonds is 20. The SMILES string of the molecule is CC[C@@]1(C2(O[Si](C)(C)C(C)(C)C)CC2)O[C@@H](n2cnc3c(=O)[nH]c(NC(=O)C(C)C)nc32)C(=O)[C@H]1OCc1ccccc1.CC[C@@]1(C2(O[Si](C)(C)C(C)(C)C)CC2)O[C@@H](n2cnc3c(=O)[nH]c(NC(=O)C(C)C)nc32)C(O)[C@H]1OCc1ccccc1. The van der Waals surface area contributed by atoms with Crippen molar-refractivity contribution in [2.24, 2.45) is 11.8 Å². The normalized spacial score (nSPS) is 24.5. The molecule has 24 heteroatoms. The van der Waals surface area contributed by atoms with E-state index in [1.54, 1.807) is 32.3 Å². The van der Waals surface area contributed by atoms with E-state index in [0.29, 0.717) is 12.8 Å². The van der Waals surface area contributed by atoms with Gasteiger partial charge < -0.3 is 32.9 Å². The van der Waals surface area contributed by atoms with Gasteiger partial charge in [-0.05, 0) is 85.9 Å². The number of carbonyl (C=O) groups excluding carboxylic acids is 3. The van der Waals surface area contributed by atoms with Crippen molar-refractivity contribution in [3.8, 4) is 0 Å². The Bertz CT molecular complexity index is 3560. The molecule has 0 spiro atoms. The second kappa shape index (κ2) is 23.8. The van der Waals surface area contributed by atoms with E-state index in [1.165, 1.54) is 17.2 Å². The number of hydrogen-bond donors (Lipinski definition) is 5. The Hall–Kier alpha value is -6.10. The molecular formula is C62H88N10O12Si2. The lowest BCUT2D eigenvalue weighted by Gasteiger charge is -2.47. The number of ketones is 1. The zero-order valence-corrected chi connectivity index (χ0v) is 54.7. The number of imidazole rings is 2. The number of ether oxygens (including phenoxy) is 4. The lowest BCUT2D eigenvalue weighted by Crippen LogP contribution is -2.60. The molecule has 0 bridgehead atoms. The minimum absolute atomic E-state index is 0.00370. The average molecular weight is 1220 g/mol. The van der Waals surface area contributed by atoms with E-state index in [0.717, 1.165) is 36.8 Å². The molecule has 6 heterocycles. The first-order valence-corrected chi connectivity index (χ1v) is 36.0. The minimum atomic E-state index is -2.28. The highest BCUT2D eigenvalue weighted by molar-refractivity contribution is 6.74. The molecule has 6 aromatic rings. The highest BCUT2D eigenvalue weighted by Gasteiger charge is 2.74. The standard InChI is InChI=1S/C31H45N5O6Si.C31H43N5O6Si/c2*1-9-31(30(15-16-30)42-43(7,8)29(4,5)6)23(40-17-20-13-11-10-12-14-20)22(37)27(41-31)36-18-32-21-24(36)33-28(35-26(21)39)34-25(38)19(2)3/h10-14,18-19,22-23,27,37H,9,15-17H2,1-8H3,(H2,33,34,35,38,39);10-14,18-19,23,27H,9,15-17H2,1-8H3,(H2,33,34,35,38,39)/t22?,23-,27-,31-;23-,27-,31-/m11/s1. The number of hydrogen-bond acceptors (Lipinski definition) is 16. The molecule has 4 aliphatic rings. The van der Waals surface area contributed by atoms with Gasteiger partial charge in [-0.2, -0.15) is 9.97 Å². The van der Waals surface area contributed by atoms with Crippen LogP contribution in [0.4, 0.5) is 11.9 Å². The second-order valence-electron chi connectivity index (χ2n) is 27.2. The van der Waals surface area contributed by atoms with Crippen molar-refractivity contribution in [1.29, 1.82) is 0 Å². The predicted molar refractivity (Wildman–Crippen MR) is 331 cm³/mol. The van der Waals surface area contributed by atoms with Gasteiger partial charge in [0.1, 0.15) is 23.4 Å². The van der Waals surface area contributed by atoms with Crippen molar-refractivity contribution >= 4 is 68.5 Å².